The minimum Gasteiger partial charge on any atom is -0.0995 e. The summed E-state index contributed by atoms with van der Waals surface area (Å²) in [6.45, 7) is 11.2. The van der Waals surface area contributed by atoms with Gasteiger partial charge in [0.1, 0.15) is 0 Å². The van der Waals surface area contributed by atoms with Crippen LogP contribution in [0.15, 0.2) is 24.3 Å². The lowest BCUT2D eigenvalue weighted by Gasteiger charge is -2.49. The van der Waals surface area contributed by atoms with Crippen molar-refractivity contribution in [3.8, 4) is 0 Å². The van der Waals surface area contributed by atoms with Crippen LogP contribution in [-0.2, 0) is 0 Å². The smallest absolute Gasteiger partial charge is 0.0137 e. The van der Waals surface area contributed by atoms with E-state index in [4.69, 9.17) is 0 Å². The molecule has 0 aromatic heterocycles. The molecule has 3 fully saturated rings. The number of fused-ring (bicyclic) bond motifs is 2. The highest BCUT2D eigenvalue weighted by atomic mass is 14.5. The van der Waals surface area contributed by atoms with Crippen LogP contribution in [0.5, 0.6) is 0 Å². The second kappa shape index (κ2) is 4.30. The zero-order valence-corrected chi connectivity index (χ0v) is 11.3. The second-order valence-electron chi connectivity index (χ2n) is 6.83. The van der Waals surface area contributed by atoms with Gasteiger partial charge in [-0.1, -0.05) is 50.5 Å². The summed E-state index contributed by atoms with van der Waals surface area (Å²) >= 11 is 0. The molecule has 0 aliphatic heterocycles. The Morgan fingerprint density at radius 3 is 2.29 bits per heavy atom. The van der Waals surface area contributed by atoms with Gasteiger partial charge in [0.05, 0.1) is 0 Å². The van der Waals surface area contributed by atoms with Crippen LogP contribution in [-0.4, -0.2) is 0 Å². The topological polar surface area (TPSA) is 0 Å². The van der Waals surface area contributed by atoms with Crippen LogP contribution >= 0.6 is 0 Å². The molecule has 5 atom stereocenters. The van der Waals surface area contributed by atoms with Crippen molar-refractivity contribution in [1.29, 1.82) is 0 Å². The summed E-state index contributed by atoms with van der Waals surface area (Å²) in [5.74, 6) is 4.54. The van der Waals surface area contributed by atoms with Crippen molar-refractivity contribution in [2.24, 2.45) is 29.6 Å². The monoisotopic (exact) mass is 230 g/mol. The molecule has 3 aliphatic rings. The third-order valence-electron chi connectivity index (χ3n) is 5.96. The van der Waals surface area contributed by atoms with Crippen molar-refractivity contribution >= 4 is 0 Å². The molecule has 3 rings (SSSR count). The first-order valence-corrected chi connectivity index (χ1v) is 7.52. The van der Waals surface area contributed by atoms with Crippen LogP contribution in [0.2, 0.25) is 0 Å². The highest BCUT2D eigenvalue weighted by Crippen LogP contribution is 2.53. The lowest BCUT2D eigenvalue weighted by Crippen LogP contribution is -2.40. The second-order valence-corrected chi connectivity index (χ2v) is 6.83. The first-order valence-electron chi connectivity index (χ1n) is 7.52. The Kier molecular flexibility index (Phi) is 2.92. The molecule has 5 unspecified atom stereocenters. The zero-order chi connectivity index (χ0) is 12.0. The van der Waals surface area contributed by atoms with Gasteiger partial charge in [-0.05, 0) is 55.3 Å². The summed E-state index contributed by atoms with van der Waals surface area (Å²) in [6, 6.07) is 0. The molecule has 0 spiro atoms. The third-order valence-corrected chi connectivity index (χ3v) is 5.96. The standard InChI is InChI=1S/C17H26/c1-11-5-4-6-14-9-16-12(2)7-8-13(3)17(16)10-15(11)14/h11,14-17H,2-10H2,1H3. The van der Waals surface area contributed by atoms with Crippen molar-refractivity contribution in [3.63, 3.8) is 0 Å². The molecule has 0 N–H and O–H groups in total. The van der Waals surface area contributed by atoms with Crippen LogP contribution in [0.25, 0.3) is 0 Å². The van der Waals surface area contributed by atoms with E-state index in [2.05, 4.69) is 20.1 Å². The molecular weight excluding hydrogens is 204 g/mol. The number of hydrogen-bond donors (Lipinski definition) is 0. The van der Waals surface area contributed by atoms with Crippen molar-refractivity contribution in [2.45, 2.75) is 51.9 Å². The van der Waals surface area contributed by atoms with Gasteiger partial charge in [-0.25, -0.2) is 0 Å². The molecule has 0 heterocycles. The summed E-state index contributed by atoms with van der Waals surface area (Å²) in [5.41, 5.74) is 3.08. The molecule has 0 saturated heterocycles. The Morgan fingerprint density at radius 1 is 0.941 bits per heavy atom. The highest BCUT2D eigenvalue weighted by Gasteiger charge is 2.43. The molecule has 0 amide bonds. The maximum atomic E-state index is 4.35. The maximum absolute atomic E-state index is 4.35. The molecule has 3 aliphatic carbocycles. The van der Waals surface area contributed by atoms with Crippen molar-refractivity contribution in [1.82, 2.24) is 0 Å². The van der Waals surface area contributed by atoms with Crippen LogP contribution in [0.4, 0.5) is 0 Å². The SMILES string of the molecule is C=C1CCC(=C)C2CC3C(C)CCCC3CC12. The first kappa shape index (κ1) is 11.6. The Balaban J connectivity index is 1.82. The minimum absolute atomic E-state index is 0.790. The van der Waals surface area contributed by atoms with Crippen molar-refractivity contribution < 1.29 is 0 Å². The van der Waals surface area contributed by atoms with E-state index in [1.165, 1.54) is 44.9 Å². The zero-order valence-electron chi connectivity index (χ0n) is 11.3. The normalized spacial score (nSPS) is 46.3. The van der Waals surface area contributed by atoms with Crippen LogP contribution in [0.1, 0.15) is 51.9 Å². The Hall–Kier alpha value is -0.520. The molecule has 94 valence electrons. The molecule has 17 heavy (non-hydrogen) atoms. The van der Waals surface area contributed by atoms with Gasteiger partial charge in [0.2, 0.25) is 0 Å². The maximum Gasteiger partial charge on any atom is -0.0137 e. The van der Waals surface area contributed by atoms with Crippen molar-refractivity contribution in [3.05, 3.63) is 24.3 Å². The quantitative estimate of drug-likeness (QED) is 0.515. The lowest BCUT2D eigenvalue weighted by molar-refractivity contribution is 0.0603. The minimum atomic E-state index is 0.790. The van der Waals surface area contributed by atoms with E-state index in [0.717, 1.165) is 29.6 Å². The Labute approximate surface area is 106 Å². The Morgan fingerprint density at radius 2 is 1.59 bits per heavy atom. The van der Waals surface area contributed by atoms with E-state index in [1.807, 2.05) is 0 Å². The van der Waals surface area contributed by atoms with Gasteiger partial charge in [-0.2, -0.15) is 0 Å². The fourth-order valence-corrected chi connectivity index (χ4v) is 4.85. The summed E-state index contributed by atoms with van der Waals surface area (Å²) in [4.78, 5) is 0. The summed E-state index contributed by atoms with van der Waals surface area (Å²) < 4.78 is 0. The Bertz CT molecular complexity index is 338. The summed E-state index contributed by atoms with van der Waals surface area (Å²) in [6.07, 6.45) is 9.70. The van der Waals surface area contributed by atoms with E-state index >= 15 is 0 Å². The predicted octanol–water partition coefficient (Wildman–Crippen LogP) is 4.97. The van der Waals surface area contributed by atoms with Gasteiger partial charge in [0.25, 0.3) is 0 Å². The van der Waals surface area contributed by atoms with Gasteiger partial charge in [-0.15, -0.1) is 0 Å². The summed E-state index contributed by atoms with van der Waals surface area (Å²) in [7, 11) is 0. The van der Waals surface area contributed by atoms with Crippen LogP contribution in [0.3, 0.4) is 0 Å². The molecule has 0 aromatic carbocycles. The molecule has 0 nitrogen and oxygen atoms in total. The van der Waals surface area contributed by atoms with Gasteiger partial charge in [-0.3, -0.25) is 0 Å². The highest BCUT2D eigenvalue weighted by molar-refractivity contribution is 5.21. The van der Waals surface area contributed by atoms with Gasteiger partial charge in [0.15, 0.2) is 0 Å². The van der Waals surface area contributed by atoms with Gasteiger partial charge >= 0.3 is 0 Å². The average molecular weight is 230 g/mol. The van der Waals surface area contributed by atoms with Crippen LogP contribution < -0.4 is 0 Å². The molecule has 0 bridgehead atoms. The molecular formula is C17H26. The van der Waals surface area contributed by atoms with E-state index in [9.17, 15) is 0 Å². The largest absolute Gasteiger partial charge is 0.0995 e. The fourth-order valence-electron chi connectivity index (χ4n) is 4.85. The van der Waals surface area contributed by atoms with E-state index in [-0.39, 0.29) is 0 Å². The molecule has 0 aromatic rings. The fraction of sp³-hybridized carbons (Fsp3) is 0.765. The average Bonchev–Trinajstić information content (AvgIpc) is 2.33. The molecule has 3 saturated carbocycles. The number of allylic oxidation sites excluding steroid dienone is 2. The predicted molar refractivity (Wildman–Crippen MR) is 73.7 cm³/mol. The van der Waals surface area contributed by atoms with Gasteiger partial charge < -0.3 is 0 Å². The lowest BCUT2D eigenvalue weighted by atomic mass is 9.56. The first-order chi connectivity index (χ1) is 8.16. The van der Waals surface area contributed by atoms with Gasteiger partial charge in [0, 0.05) is 0 Å². The molecule has 0 radical (unpaired) electrons. The van der Waals surface area contributed by atoms with Crippen molar-refractivity contribution in [2.75, 3.05) is 0 Å². The van der Waals surface area contributed by atoms with E-state index in [0.29, 0.717) is 0 Å². The van der Waals surface area contributed by atoms with E-state index in [1.54, 1.807) is 11.1 Å². The summed E-state index contributed by atoms with van der Waals surface area (Å²) in [5, 5.41) is 0. The number of rotatable bonds is 0. The van der Waals surface area contributed by atoms with E-state index < -0.39 is 0 Å². The molecule has 0 heteroatoms. The van der Waals surface area contributed by atoms with Crippen LogP contribution in [0, 0.1) is 29.6 Å². The third kappa shape index (κ3) is 1.90. The number of hydrogen-bond acceptors (Lipinski definition) is 0.